The zero-order valence-corrected chi connectivity index (χ0v) is 11.9. The van der Waals surface area contributed by atoms with Gasteiger partial charge < -0.3 is 5.73 Å². The van der Waals surface area contributed by atoms with Crippen LogP contribution < -0.4 is 11.3 Å². The lowest BCUT2D eigenvalue weighted by Gasteiger charge is -2.16. The van der Waals surface area contributed by atoms with Crippen molar-refractivity contribution in [2.75, 3.05) is 0 Å². The highest BCUT2D eigenvalue weighted by Crippen LogP contribution is 2.48. The molecule has 1 aliphatic carbocycles. The van der Waals surface area contributed by atoms with Crippen LogP contribution in [0.15, 0.2) is 16.9 Å². The zero-order valence-electron chi connectivity index (χ0n) is 11.9. The van der Waals surface area contributed by atoms with Gasteiger partial charge in [-0.1, -0.05) is 6.07 Å². The van der Waals surface area contributed by atoms with E-state index >= 15 is 0 Å². The molecular weight excluding hydrogens is 257 g/mol. The average Bonchev–Trinajstić information content (AvgIpc) is 3.12. The predicted octanol–water partition coefficient (Wildman–Crippen LogP) is 2.22. The fraction of sp³-hybridized carbons (Fsp3) is 0.467. The molecule has 106 valence electrons. The molecule has 1 aliphatic rings. The Bertz CT molecular complexity index is 760. The summed E-state index contributed by atoms with van der Waals surface area (Å²) in [5, 5.41) is 0.507. The Morgan fingerprint density at radius 3 is 2.65 bits per heavy atom. The van der Waals surface area contributed by atoms with E-state index in [4.69, 9.17) is 5.73 Å². The first-order valence-corrected chi connectivity index (χ1v) is 6.80. The van der Waals surface area contributed by atoms with Gasteiger partial charge in [-0.15, -0.1) is 0 Å². The van der Waals surface area contributed by atoms with Gasteiger partial charge in [-0.05, 0) is 43.9 Å². The van der Waals surface area contributed by atoms with Crippen LogP contribution in [-0.2, 0) is 12.7 Å². The molecule has 1 aromatic carbocycles. The molecule has 3 rings (SSSR count). The van der Waals surface area contributed by atoms with Crippen molar-refractivity contribution in [1.29, 1.82) is 0 Å². The van der Waals surface area contributed by atoms with Crippen molar-refractivity contribution in [2.45, 2.75) is 38.4 Å². The highest BCUT2D eigenvalue weighted by molar-refractivity contribution is 5.82. The van der Waals surface area contributed by atoms with Crippen molar-refractivity contribution in [3.8, 4) is 0 Å². The first-order chi connectivity index (χ1) is 9.33. The summed E-state index contributed by atoms with van der Waals surface area (Å²) in [6, 6.07) is 3.46. The summed E-state index contributed by atoms with van der Waals surface area (Å²) in [7, 11) is 1.58. The van der Waals surface area contributed by atoms with Crippen molar-refractivity contribution in [2.24, 2.45) is 12.8 Å². The third-order valence-corrected chi connectivity index (χ3v) is 3.93. The monoisotopic (exact) mass is 275 g/mol. The van der Waals surface area contributed by atoms with E-state index in [-0.39, 0.29) is 17.4 Å². The second-order valence-corrected chi connectivity index (χ2v) is 5.80. The van der Waals surface area contributed by atoms with Gasteiger partial charge >= 0.3 is 0 Å². The molecule has 0 radical (unpaired) electrons. The van der Waals surface area contributed by atoms with Gasteiger partial charge in [-0.25, -0.2) is 9.37 Å². The quantitative estimate of drug-likeness (QED) is 0.914. The maximum absolute atomic E-state index is 14.4. The molecule has 0 amide bonds. The summed E-state index contributed by atoms with van der Waals surface area (Å²) < 4.78 is 15.7. The van der Waals surface area contributed by atoms with Crippen LogP contribution in [0.25, 0.3) is 10.9 Å². The minimum Gasteiger partial charge on any atom is -0.324 e. The molecule has 0 aliphatic heterocycles. The predicted molar refractivity (Wildman–Crippen MR) is 76.3 cm³/mol. The molecule has 5 heteroatoms. The molecule has 1 heterocycles. The second kappa shape index (κ2) is 4.12. The summed E-state index contributed by atoms with van der Waals surface area (Å²) in [4.78, 5) is 16.9. The van der Waals surface area contributed by atoms with E-state index < -0.39 is 5.67 Å². The first kappa shape index (κ1) is 13.2. The van der Waals surface area contributed by atoms with Crippen LogP contribution in [0.2, 0.25) is 0 Å². The van der Waals surface area contributed by atoms with E-state index in [0.717, 1.165) is 11.1 Å². The molecule has 4 nitrogen and oxygen atoms in total. The number of aromatic nitrogens is 2. The van der Waals surface area contributed by atoms with Crippen LogP contribution in [0.3, 0.4) is 0 Å². The number of aryl methyl sites for hydroxylation is 1. The Morgan fingerprint density at radius 1 is 1.45 bits per heavy atom. The fourth-order valence-electron chi connectivity index (χ4n) is 2.63. The van der Waals surface area contributed by atoms with E-state index in [1.165, 1.54) is 4.57 Å². The summed E-state index contributed by atoms with van der Waals surface area (Å²) in [5.74, 6) is 0.223. The van der Waals surface area contributed by atoms with Crippen molar-refractivity contribution >= 4 is 10.9 Å². The molecule has 0 bridgehead atoms. The lowest BCUT2D eigenvalue weighted by Crippen LogP contribution is -2.26. The SMILES string of the molecule is Cc1cc([C@@H](C)N)c2nc(C3(F)CC3)n(C)c(=O)c2c1. The highest BCUT2D eigenvalue weighted by atomic mass is 19.1. The second-order valence-electron chi connectivity index (χ2n) is 5.80. The normalized spacial score (nSPS) is 18.2. The Hall–Kier alpha value is -1.75. The maximum Gasteiger partial charge on any atom is 0.261 e. The van der Waals surface area contributed by atoms with Crippen LogP contribution in [0.5, 0.6) is 0 Å². The van der Waals surface area contributed by atoms with Crippen LogP contribution >= 0.6 is 0 Å². The minimum atomic E-state index is -1.44. The van der Waals surface area contributed by atoms with Gasteiger partial charge in [-0.3, -0.25) is 9.36 Å². The maximum atomic E-state index is 14.4. The number of halogens is 1. The third kappa shape index (κ3) is 1.85. The Morgan fingerprint density at radius 2 is 2.10 bits per heavy atom. The van der Waals surface area contributed by atoms with E-state index in [2.05, 4.69) is 4.98 Å². The van der Waals surface area contributed by atoms with E-state index in [9.17, 15) is 9.18 Å². The molecule has 20 heavy (non-hydrogen) atoms. The van der Waals surface area contributed by atoms with Crippen molar-refractivity contribution < 1.29 is 4.39 Å². The van der Waals surface area contributed by atoms with Gasteiger partial charge in [0.25, 0.3) is 5.56 Å². The summed E-state index contributed by atoms with van der Waals surface area (Å²) in [5.41, 5.74) is 6.60. The zero-order chi connectivity index (χ0) is 14.7. The van der Waals surface area contributed by atoms with E-state index in [1.54, 1.807) is 13.1 Å². The van der Waals surface area contributed by atoms with Crippen molar-refractivity contribution in [3.05, 3.63) is 39.4 Å². The average molecular weight is 275 g/mol. The summed E-state index contributed by atoms with van der Waals surface area (Å²) in [6.07, 6.45) is 0.857. The van der Waals surface area contributed by atoms with E-state index in [1.807, 2.05) is 19.9 Å². The van der Waals surface area contributed by atoms with Crippen LogP contribution in [-0.4, -0.2) is 9.55 Å². The fourth-order valence-corrected chi connectivity index (χ4v) is 2.63. The largest absolute Gasteiger partial charge is 0.324 e. The minimum absolute atomic E-state index is 0.209. The van der Waals surface area contributed by atoms with Crippen molar-refractivity contribution in [1.82, 2.24) is 9.55 Å². The standard InChI is InChI=1S/C15H18FN3O/c1-8-6-10(9(2)17)12-11(7-8)13(20)19(3)14(18-12)15(16)4-5-15/h6-7,9H,4-5,17H2,1-3H3/t9-/m1/s1. The summed E-state index contributed by atoms with van der Waals surface area (Å²) in [6.45, 7) is 3.76. The molecular formula is C15H18FN3O. The lowest BCUT2D eigenvalue weighted by atomic mass is 10.0. The molecule has 0 unspecified atom stereocenters. The number of hydrogen-bond acceptors (Lipinski definition) is 3. The summed E-state index contributed by atoms with van der Waals surface area (Å²) >= 11 is 0. The van der Waals surface area contributed by atoms with Gasteiger partial charge in [0.2, 0.25) is 0 Å². The molecule has 0 spiro atoms. The number of alkyl halides is 1. The number of hydrogen-bond donors (Lipinski definition) is 1. The van der Waals surface area contributed by atoms with Crippen LogP contribution in [0, 0.1) is 6.92 Å². The van der Waals surface area contributed by atoms with Gasteiger partial charge in [0.05, 0.1) is 10.9 Å². The molecule has 1 saturated carbocycles. The highest BCUT2D eigenvalue weighted by Gasteiger charge is 2.48. The van der Waals surface area contributed by atoms with E-state index in [0.29, 0.717) is 23.7 Å². The Balaban J connectivity index is 2.43. The number of rotatable bonds is 2. The number of fused-ring (bicyclic) bond motifs is 1. The Kier molecular flexibility index (Phi) is 2.73. The smallest absolute Gasteiger partial charge is 0.261 e. The van der Waals surface area contributed by atoms with Gasteiger partial charge in [0.15, 0.2) is 5.67 Å². The third-order valence-electron chi connectivity index (χ3n) is 3.93. The number of benzene rings is 1. The topological polar surface area (TPSA) is 60.9 Å². The number of nitrogens with two attached hydrogens (primary N) is 1. The molecule has 0 saturated heterocycles. The molecule has 1 aromatic heterocycles. The Labute approximate surface area is 116 Å². The molecule has 1 fully saturated rings. The first-order valence-electron chi connectivity index (χ1n) is 6.80. The lowest BCUT2D eigenvalue weighted by molar-refractivity contribution is 0.290. The van der Waals surface area contributed by atoms with Gasteiger partial charge in [-0.2, -0.15) is 0 Å². The van der Waals surface area contributed by atoms with Gasteiger partial charge in [0.1, 0.15) is 5.82 Å². The van der Waals surface area contributed by atoms with Crippen LogP contribution in [0.1, 0.15) is 42.8 Å². The molecule has 1 atom stereocenters. The molecule has 2 aromatic rings. The van der Waals surface area contributed by atoms with Crippen molar-refractivity contribution in [3.63, 3.8) is 0 Å². The van der Waals surface area contributed by atoms with Gasteiger partial charge in [0, 0.05) is 13.1 Å². The van der Waals surface area contributed by atoms with Crippen LogP contribution in [0.4, 0.5) is 4.39 Å². The number of nitrogens with zero attached hydrogens (tertiary/aromatic N) is 2. The molecule has 2 N–H and O–H groups in total.